The average Bonchev–Trinajstić information content (AvgIpc) is 2.66. The van der Waals surface area contributed by atoms with Gasteiger partial charge >= 0.3 is 5.71 Å². The fourth-order valence-corrected chi connectivity index (χ4v) is 4.95. The zero-order valence-corrected chi connectivity index (χ0v) is 16.0. The number of para-hydroxylation sites is 1. The van der Waals surface area contributed by atoms with E-state index in [1.165, 1.54) is 30.3 Å². The summed E-state index contributed by atoms with van der Waals surface area (Å²) in [5.41, 5.74) is 8.35. The van der Waals surface area contributed by atoms with Crippen molar-refractivity contribution >= 4 is 42.6 Å². The molecule has 152 valence electrons. The number of benzene rings is 2. The number of hydrogen-bond acceptors (Lipinski definition) is 6. The van der Waals surface area contributed by atoms with Gasteiger partial charge in [0.2, 0.25) is 5.25 Å². The summed E-state index contributed by atoms with van der Waals surface area (Å²) < 4.78 is 64.1. The van der Waals surface area contributed by atoms with Crippen LogP contribution in [-0.2, 0) is 20.2 Å². The first kappa shape index (κ1) is 22.1. The minimum Gasteiger partial charge on any atom is -0.361 e. The van der Waals surface area contributed by atoms with Crippen molar-refractivity contribution in [2.24, 2.45) is 0 Å². The van der Waals surface area contributed by atoms with Crippen molar-refractivity contribution in [3.05, 3.63) is 80.7 Å². The maximum atomic E-state index is 11.5. The Kier molecular flexibility index (Phi) is 6.41. The van der Waals surface area contributed by atoms with E-state index in [1.54, 1.807) is 24.3 Å². The Hall–Kier alpha value is -3.22. The van der Waals surface area contributed by atoms with Crippen LogP contribution in [0.3, 0.4) is 0 Å². The lowest BCUT2D eigenvalue weighted by Gasteiger charge is -2.14. The van der Waals surface area contributed by atoms with Crippen LogP contribution in [0.5, 0.6) is 0 Å². The summed E-state index contributed by atoms with van der Waals surface area (Å²) in [5.74, 6) is 0. The number of nitro groups is 1. The Bertz CT molecular complexity index is 1330. The number of nitrogens with zero attached hydrogens (tertiary/aromatic N) is 3. The van der Waals surface area contributed by atoms with Crippen LogP contribution >= 0.6 is 0 Å². The van der Waals surface area contributed by atoms with Crippen LogP contribution in [-0.4, -0.2) is 46.6 Å². The fraction of sp³-hybridized carbons (Fsp3) is 0.0625. The summed E-state index contributed by atoms with van der Waals surface area (Å²) in [4.78, 5) is 11.3. The Morgan fingerprint density at radius 1 is 0.966 bits per heavy atom. The van der Waals surface area contributed by atoms with E-state index in [4.69, 9.17) is 10.1 Å². The molecule has 0 bridgehead atoms. The predicted octanol–water partition coefficient (Wildman–Crippen LogP) is -0.00130. The van der Waals surface area contributed by atoms with Crippen molar-refractivity contribution in [3.8, 4) is 0 Å². The summed E-state index contributed by atoms with van der Waals surface area (Å²) in [6.07, 6.45) is 1.10. The molecule has 1 aliphatic rings. The fourth-order valence-electron chi connectivity index (χ4n) is 2.55. The van der Waals surface area contributed by atoms with E-state index in [0.717, 1.165) is 6.08 Å². The van der Waals surface area contributed by atoms with E-state index in [9.17, 15) is 31.5 Å². The number of nitro benzene ring substituents is 1. The number of non-ortho nitro benzene ring substituents is 1. The standard InChI is InChI=1S/C10H8N2O6S2.C6H5NO2/c11-12-8-5-6-3-1-2-4-7(6)9(19(13,14)15)10(8)20(16,17)18;8-7(9)6-4-2-1-3-5-6/h1-5,10H,(H,13,14,15)(H,16,17,18);1-5H. The molecular formula is C16H13N3O8S2. The van der Waals surface area contributed by atoms with E-state index in [0.29, 0.717) is 0 Å². The van der Waals surface area contributed by atoms with Gasteiger partial charge in [-0.3, -0.25) is 19.2 Å². The second-order valence-corrected chi connectivity index (χ2v) is 8.47. The highest BCUT2D eigenvalue weighted by Crippen LogP contribution is 2.20. The minimum atomic E-state index is -4.96. The van der Waals surface area contributed by atoms with E-state index < -0.39 is 41.0 Å². The average molecular weight is 439 g/mol. The lowest BCUT2D eigenvalue weighted by Crippen LogP contribution is -2.45. The molecule has 2 aromatic carbocycles. The third-order valence-electron chi connectivity index (χ3n) is 3.69. The van der Waals surface area contributed by atoms with Gasteiger partial charge in [0, 0.05) is 23.4 Å². The molecule has 1 atom stereocenters. The molecule has 13 heteroatoms. The van der Waals surface area contributed by atoms with Gasteiger partial charge in [-0.05, 0) is 5.22 Å². The van der Waals surface area contributed by atoms with Crippen molar-refractivity contribution in [3.63, 3.8) is 0 Å². The first-order valence-corrected chi connectivity index (χ1v) is 10.6. The summed E-state index contributed by atoms with van der Waals surface area (Å²) >= 11 is 0. The van der Waals surface area contributed by atoms with Crippen LogP contribution in [0.15, 0.2) is 54.6 Å². The quantitative estimate of drug-likeness (QED) is 0.220. The van der Waals surface area contributed by atoms with Crippen molar-refractivity contribution in [1.82, 2.24) is 0 Å². The molecule has 0 saturated heterocycles. The third-order valence-corrected chi connectivity index (χ3v) is 5.93. The maximum Gasteiger partial charge on any atom is 0.318 e. The van der Waals surface area contributed by atoms with Gasteiger partial charge in [-0.1, -0.05) is 42.5 Å². The van der Waals surface area contributed by atoms with Crippen molar-refractivity contribution in [2.75, 3.05) is 0 Å². The number of fused-ring (bicyclic) bond motifs is 1. The van der Waals surface area contributed by atoms with E-state index in [2.05, 4.69) is 4.79 Å². The van der Waals surface area contributed by atoms with Gasteiger partial charge in [0.25, 0.3) is 25.9 Å². The van der Waals surface area contributed by atoms with Crippen molar-refractivity contribution in [2.45, 2.75) is 5.25 Å². The molecule has 0 saturated carbocycles. The van der Waals surface area contributed by atoms with Crippen LogP contribution in [0.25, 0.3) is 16.5 Å². The molecule has 0 aromatic heterocycles. The van der Waals surface area contributed by atoms with Gasteiger partial charge in [0.1, 0.15) is 4.91 Å². The molecule has 0 spiro atoms. The molecule has 0 radical (unpaired) electrons. The SMILES string of the molecule is O=[N+]([O-])c1ccccc1.[N-]=[N+]=C1C=c2ccccc2=C(S(=O)(=O)O)C1S(=O)(=O)O. The second-order valence-electron chi connectivity index (χ2n) is 5.58. The first-order chi connectivity index (χ1) is 13.5. The third kappa shape index (κ3) is 5.19. The zero-order chi connectivity index (χ0) is 21.8. The predicted molar refractivity (Wildman–Crippen MR) is 102 cm³/mol. The normalized spacial score (nSPS) is 15.9. The highest BCUT2D eigenvalue weighted by molar-refractivity contribution is 7.98. The molecule has 0 heterocycles. The second kappa shape index (κ2) is 8.43. The topological polar surface area (TPSA) is 188 Å². The lowest BCUT2D eigenvalue weighted by molar-refractivity contribution is -0.384. The smallest absolute Gasteiger partial charge is 0.318 e. The molecule has 0 amide bonds. The monoisotopic (exact) mass is 439 g/mol. The molecule has 11 nitrogen and oxygen atoms in total. The Morgan fingerprint density at radius 3 is 1.97 bits per heavy atom. The molecule has 2 N–H and O–H groups in total. The first-order valence-electron chi connectivity index (χ1n) is 7.63. The van der Waals surface area contributed by atoms with Crippen LogP contribution in [0.1, 0.15) is 0 Å². The van der Waals surface area contributed by atoms with Gasteiger partial charge in [-0.15, -0.1) is 0 Å². The Morgan fingerprint density at radius 2 is 1.52 bits per heavy atom. The van der Waals surface area contributed by atoms with Gasteiger partial charge in [0.15, 0.2) is 0 Å². The Balaban J connectivity index is 0.000000278. The van der Waals surface area contributed by atoms with Crippen LogP contribution in [0.4, 0.5) is 5.69 Å². The molecule has 1 aliphatic carbocycles. The highest BCUT2D eigenvalue weighted by Gasteiger charge is 2.45. The molecule has 1 unspecified atom stereocenters. The van der Waals surface area contributed by atoms with E-state index in [-0.39, 0.29) is 16.1 Å². The molecule has 0 aliphatic heterocycles. The van der Waals surface area contributed by atoms with Crippen LogP contribution in [0.2, 0.25) is 0 Å². The van der Waals surface area contributed by atoms with Gasteiger partial charge in [0.05, 0.1) is 4.92 Å². The number of hydrogen-bond donors (Lipinski definition) is 2. The lowest BCUT2D eigenvalue weighted by atomic mass is 10.1. The van der Waals surface area contributed by atoms with Crippen molar-refractivity contribution in [1.29, 1.82) is 0 Å². The summed E-state index contributed by atoms with van der Waals surface area (Å²) in [5, 5.41) is 7.96. The number of rotatable bonds is 3. The molecule has 2 aromatic rings. The Labute approximate surface area is 164 Å². The van der Waals surface area contributed by atoms with Crippen molar-refractivity contribution < 1.29 is 35.7 Å². The van der Waals surface area contributed by atoms with E-state index >= 15 is 0 Å². The van der Waals surface area contributed by atoms with Gasteiger partial charge in [-0.25, -0.2) is 0 Å². The molecule has 29 heavy (non-hydrogen) atoms. The molecular weight excluding hydrogens is 426 g/mol. The summed E-state index contributed by atoms with van der Waals surface area (Å²) in [6.45, 7) is 0. The van der Waals surface area contributed by atoms with Crippen LogP contribution < -0.4 is 10.4 Å². The van der Waals surface area contributed by atoms with Gasteiger partial charge < -0.3 is 5.53 Å². The summed E-state index contributed by atoms with van der Waals surface area (Å²) in [7, 11) is -9.91. The molecule has 3 rings (SSSR count). The summed E-state index contributed by atoms with van der Waals surface area (Å²) in [6, 6.07) is 13.6. The maximum absolute atomic E-state index is 11.5. The zero-order valence-electron chi connectivity index (χ0n) is 14.4. The minimum absolute atomic E-state index is 0.0926. The largest absolute Gasteiger partial charge is 0.361 e. The van der Waals surface area contributed by atoms with Crippen LogP contribution in [0, 0.1) is 10.1 Å². The highest BCUT2D eigenvalue weighted by atomic mass is 32.2. The van der Waals surface area contributed by atoms with E-state index in [1.807, 2.05) is 0 Å². The van der Waals surface area contributed by atoms with Gasteiger partial charge in [-0.2, -0.15) is 21.6 Å². The molecule has 0 fully saturated rings.